The van der Waals surface area contributed by atoms with Crippen LogP contribution in [0, 0.1) is 24.1 Å². The van der Waals surface area contributed by atoms with E-state index >= 15 is 0 Å². The molecule has 0 aliphatic carbocycles. The molecule has 0 atom stereocenters. The van der Waals surface area contributed by atoms with Gasteiger partial charge in [0.25, 0.3) is 5.09 Å². The Hall–Kier alpha value is -2.98. The van der Waals surface area contributed by atoms with Gasteiger partial charge in [-0.05, 0) is 36.2 Å². The zero-order valence-corrected chi connectivity index (χ0v) is 14.0. The maximum Gasteiger partial charge on any atom is 0.257 e. The third-order valence-corrected chi connectivity index (χ3v) is 5.18. The normalized spacial score (nSPS) is 11.2. The van der Waals surface area contributed by atoms with Crippen LogP contribution >= 0.6 is 0 Å². The fourth-order valence-corrected chi connectivity index (χ4v) is 3.74. The maximum absolute atomic E-state index is 13.0. The molecule has 0 fully saturated rings. The molecule has 0 N–H and O–H groups in total. The van der Waals surface area contributed by atoms with Gasteiger partial charge >= 0.3 is 0 Å². The molecule has 0 spiro atoms. The largest absolute Gasteiger partial charge is 0.423 e. The molecular formula is C18H13FN2O3S. The van der Waals surface area contributed by atoms with Crippen molar-refractivity contribution in [1.82, 2.24) is 4.98 Å². The van der Waals surface area contributed by atoms with Crippen LogP contribution in [0.1, 0.15) is 16.8 Å². The van der Waals surface area contributed by atoms with Gasteiger partial charge in [-0.2, -0.15) is 10.2 Å². The standard InChI is InChI=1S/C18H13FN2O3S/c1-12-4-2-3-5-15(12)17-21-16(10-20)18(24-17)25(22,23)11-13-6-8-14(19)9-7-13/h2-9H,11H2,1H3. The molecule has 3 aromatic rings. The number of hydrogen-bond donors (Lipinski definition) is 0. The fourth-order valence-electron chi connectivity index (χ4n) is 2.38. The van der Waals surface area contributed by atoms with Crippen molar-refractivity contribution in [1.29, 1.82) is 5.26 Å². The molecule has 3 rings (SSSR count). The minimum atomic E-state index is -3.94. The van der Waals surface area contributed by atoms with Crippen LogP contribution < -0.4 is 0 Å². The Morgan fingerprint density at radius 1 is 1.16 bits per heavy atom. The number of benzene rings is 2. The number of nitrogens with zero attached hydrogens (tertiary/aromatic N) is 2. The van der Waals surface area contributed by atoms with Crippen molar-refractivity contribution in [3.8, 4) is 17.5 Å². The van der Waals surface area contributed by atoms with Gasteiger partial charge in [-0.25, -0.2) is 12.8 Å². The molecule has 126 valence electrons. The van der Waals surface area contributed by atoms with Gasteiger partial charge in [0.05, 0.1) is 5.75 Å². The van der Waals surface area contributed by atoms with Crippen molar-refractivity contribution in [2.24, 2.45) is 0 Å². The molecule has 0 aliphatic heterocycles. The fraction of sp³-hybridized carbons (Fsp3) is 0.111. The van der Waals surface area contributed by atoms with Crippen molar-refractivity contribution >= 4 is 9.84 Å². The van der Waals surface area contributed by atoms with Crippen LogP contribution in [0.2, 0.25) is 0 Å². The number of rotatable bonds is 4. The summed E-state index contributed by atoms with van der Waals surface area (Å²) >= 11 is 0. The highest BCUT2D eigenvalue weighted by molar-refractivity contribution is 7.90. The second kappa shape index (κ2) is 6.49. The highest BCUT2D eigenvalue weighted by atomic mass is 32.2. The average molecular weight is 356 g/mol. The van der Waals surface area contributed by atoms with E-state index in [1.807, 2.05) is 19.1 Å². The minimum absolute atomic E-state index is 0.0762. The SMILES string of the molecule is Cc1ccccc1-c1nc(C#N)c(S(=O)(=O)Cc2ccc(F)cc2)o1. The number of oxazole rings is 1. The van der Waals surface area contributed by atoms with Crippen LogP contribution in [-0.4, -0.2) is 13.4 Å². The van der Waals surface area contributed by atoms with Crippen LogP contribution in [0.5, 0.6) is 0 Å². The number of aromatic nitrogens is 1. The number of hydrogen-bond acceptors (Lipinski definition) is 5. The predicted molar refractivity (Wildman–Crippen MR) is 88.7 cm³/mol. The lowest BCUT2D eigenvalue weighted by Crippen LogP contribution is -2.05. The summed E-state index contributed by atoms with van der Waals surface area (Å²) in [6.45, 7) is 1.83. The lowest BCUT2D eigenvalue weighted by molar-refractivity contribution is 0.457. The third-order valence-electron chi connectivity index (χ3n) is 3.63. The van der Waals surface area contributed by atoms with E-state index in [4.69, 9.17) is 4.42 Å². The Bertz CT molecular complexity index is 1060. The van der Waals surface area contributed by atoms with Gasteiger partial charge in [-0.3, -0.25) is 0 Å². The zero-order valence-electron chi connectivity index (χ0n) is 13.2. The van der Waals surface area contributed by atoms with Crippen LogP contribution in [-0.2, 0) is 15.6 Å². The van der Waals surface area contributed by atoms with E-state index in [-0.39, 0.29) is 11.6 Å². The van der Waals surface area contributed by atoms with Gasteiger partial charge in [0.2, 0.25) is 15.7 Å². The highest BCUT2D eigenvalue weighted by Gasteiger charge is 2.27. The van der Waals surface area contributed by atoms with Crippen molar-refractivity contribution in [3.63, 3.8) is 0 Å². The zero-order chi connectivity index (χ0) is 18.0. The molecule has 7 heteroatoms. The summed E-state index contributed by atoms with van der Waals surface area (Å²) in [5, 5.41) is 8.75. The number of aryl methyl sites for hydroxylation is 1. The number of sulfone groups is 1. The predicted octanol–water partition coefficient (Wildman–Crippen LogP) is 3.63. The van der Waals surface area contributed by atoms with E-state index < -0.39 is 26.5 Å². The summed E-state index contributed by atoms with van der Waals surface area (Å²) in [5.74, 6) is -0.794. The van der Waals surface area contributed by atoms with Crippen molar-refractivity contribution in [3.05, 3.63) is 71.2 Å². The Labute approximate surface area is 144 Å². The van der Waals surface area contributed by atoms with E-state index in [9.17, 15) is 18.1 Å². The summed E-state index contributed by atoms with van der Waals surface area (Å²) in [6.07, 6.45) is 0. The van der Waals surface area contributed by atoms with Gasteiger partial charge in [0.1, 0.15) is 11.9 Å². The lowest BCUT2D eigenvalue weighted by atomic mass is 10.1. The second-order valence-electron chi connectivity index (χ2n) is 5.47. The Morgan fingerprint density at radius 3 is 2.48 bits per heavy atom. The highest BCUT2D eigenvalue weighted by Crippen LogP contribution is 2.29. The molecule has 0 saturated heterocycles. The first kappa shape index (κ1) is 16.9. The van der Waals surface area contributed by atoms with Crippen molar-refractivity contribution < 1.29 is 17.2 Å². The molecule has 1 heterocycles. The second-order valence-corrected chi connectivity index (χ2v) is 7.36. The maximum atomic E-state index is 13.0. The number of nitriles is 1. The van der Waals surface area contributed by atoms with Crippen LogP contribution in [0.15, 0.2) is 58.0 Å². The molecule has 0 unspecified atom stereocenters. The quantitative estimate of drug-likeness (QED) is 0.713. The van der Waals surface area contributed by atoms with Crippen LogP contribution in [0.25, 0.3) is 11.5 Å². The van der Waals surface area contributed by atoms with Gasteiger partial charge < -0.3 is 4.42 Å². The van der Waals surface area contributed by atoms with Crippen LogP contribution in [0.3, 0.4) is 0 Å². The first-order chi connectivity index (χ1) is 11.9. The van der Waals surface area contributed by atoms with Gasteiger partial charge in [0, 0.05) is 5.56 Å². The smallest absolute Gasteiger partial charge is 0.257 e. The first-order valence-electron chi connectivity index (χ1n) is 7.35. The molecule has 0 aliphatic rings. The van der Waals surface area contributed by atoms with Crippen LogP contribution in [0.4, 0.5) is 4.39 Å². The Balaban J connectivity index is 2.03. The lowest BCUT2D eigenvalue weighted by Gasteiger charge is -2.02. The molecule has 5 nitrogen and oxygen atoms in total. The monoisotopic (exact) mass is 356 g/mol. The molecule has 0 bridgehead atoms. The average Bonchev–Trinajstić information content (AvgIpc) is 3.02. The van der Waals surface area contributed by atoms with E-state index in [1.165, 1.54) is 24.3 Å². The van der Waals surface area contributed by atoms with E-state index in [2.05, 4.69) is 4.98 Å². The van der Waals surface area contributed by atoms with E-state index in [0.29, 0.717) is 11.1 Å². The first-order valence-corrected chi connectivity index (χ1v) is 9.00. The molecule has 0 radical (unpaired) electrons. The van der Waals surface area contributed by atoms with E-state index in [1.54, 1.807) is 18.2 Å². The molecular weight excluding hydrogens is 343 g/mol. The number of halogens is 1. The van der Waals surface area contributed by atoms with Gasteiger partial charge in [-0.15, -0.1) is 0 Å². The molecule has 1 aromatic heterocycles. The van der Waals surface area contributed by atoms with Gasteiger partial charge in [-0.1, -0.05) is 30.3 Å². The van der Waals surface area contributed by atoms with Gasteiger partial charge in [0.15, 0.2) is 5.69 Å². The molecule has 0 amide bonds. The summed E-state index contributed by atoms with van der Waals surface area (Å²) in [5.41, 5.74) is 1.55. The summed E-state index contributed by atoms with van der Waals surface area (Å²) in [4.78, 5) is 4.01. The summed E-state index contributed by atoms with van der Waals surface area (Å²) in [6, 6.07) is 14.0. The summed E-state index contributed by atoms with van der Waals surface area (Å²) < 4.78 is 43.6. The molecule has 25 heavy (non-hydrogen) atoms. The molecule has 2 aromatic carbocycles. The minimum Gasteiger partial charge on any atom is -0.423 e. The van der Waals surface area contributed by atoms with E-state index in [0.717, 1.165) is 5.56 Å². The van der Waals surface area contributed by atoms with Crippen molar-refractivity contribution in [2.75, 3.05) is 0 Å². The topological polar surface area (TPSA) is 84.0 Å². The molecule has 0 saturated carbocycles. The Morgan fingerprint density at radius 2 is 1.84 bits per heavy atom. The summed E-state index contributed by atoms with van der Waals surface area (Å²) in [7, 11) is -3.94. The third kappa shape index (κ3) is 3.44. The van der Waals surface area contributed by atoms with Crippen molar-refractivity contribution in [2.45, 2.75) is 17.8 Å². The Kier molecular flexibility index (Phi) is 4.38.